The molecule has 5 nitrogen and oxygen atoms in total. The van der Waals surface area contributed by atoms with E-state index in [0.717, 1.165) is 23.1 Å². The van der Waals surface area contributed by atoms with Crippen molar-refractivity contribution in [2.24, 2.45) is 0 Å². The summed E-state index contributed by atoms with van der Waals surface area (Å²) >= 11 is 0. The van der Waals surface area contributed by atoms with Crippen LogP contribution in [0, 0.1) is 0 Å². The van der Waals surface area contributed by atoms with Crippen LogP contribution in [0.25, 0.3) is 10.9 Å². The van der Waals surface area contributed by atoms with Crippen molar-refractivity contribution in [1.82, 2.24) is 9.88 Å². The summed E-state index contributed by atoms with van der Waals surface area (Å²) in [5.74, 6) is 0.803. The molecule has 0 bridgehead atoms. The molecule has 1 N–H and O–H groups in total. The topological polar surface area (TPSA) is 62.4 Å². The van der Waals surface area contributed by atoms with E-state index < -0.39 is 0 Å². The van der Waals surface area contributed by atoms with Gasteiger partial charge in [0.1, 0.15) is 5.75 Å². The Balaban J connectivity index is 1.84. The molecular formula is C23H26N2O3. The number of nitrogens with one attached hydrogen (secondary N) is 1. The first-order valence-corrected chi connectivity index (χ1v) is 9.71. The number of rotatable bonds is 8. The molecule has 146 valence electrons. The average molecular weight is 378 g/mol. The fourth-order valence-electron chi connectivity index (χ4n) is 3.23. The van der Waals surface area contributed by atoms with E-state index in [-0.39, 0.29) is 11.5 Å². The highest BCUT2D eigenvalue weighted by Crippen LogP contribution is 2.20. The van der Waals surface area contributed by atoms with Gasteiger partial charge in [0.2, 0.25) is 5.91 Å². The van der Waals surface area contributed by atoms with Crippen molar-refractivity contribution < 1.29 is 9.53 Å². The van der Waals surface area contributed by atoms with Crippen molar-refractivity contribution in [2.45, 2.75) is 33.2 Å². The van der Waals surface area contributed by atoms with E-state index in [2.05, 4.69) is 4.98 Å². The number of hydrogen-bond acceptors (Lipinski definition) is 3. The van der Waals surface area contributed by atoms with Gasteiger partial charge in [-0.25, -0.2) is 0 Å². The van der Waals surface area contributed by atoms with Crippen molar-refractivity contribution in [3.63, 3.8) is 0 Å². The molecule has 1 amide bonds. The number of carbonyl (C=O) groups is 1. The van der Waals surface area contributed by atoms with Gasteiger partial charge in [-0.2, -0.15) is 0 Å². The smallest absolute Gasteiger partial charge is 0.253 e. The van der Waals surface area contributed by atoms with E-state index in [0.29, 0.717) is 31.7 Å². The molecule has 0 spiro atoms. The van der Waals surface area contributed by atoms with Crippen LogP contribution in [0.3, 0.4) is 0 Å². The SMILES string of the molecule is CCOc1ccc2[nH]c(=O)c(CN(CCc3ccccc3)C(=O)CC)cc2c1. The van der Waals surface area contributed by atoms with E-state index in [1.807, 2.05) is 68.4 Å². The Hall–Kier alpha value is -3.08. The fraction of sp³-hybridized carbons (Fsp3) is 0.304. The van der Waals surface area contributed by atoms with Gasteiger partial charge in [0.25, 0.3) is 5.56 Å². The van der Waals surface area contributed by atoms with Gasteiger partial charge in [-0.05, 0) is 43.2 Å². The number of ether oxygens (including phenoxy) is 1. The Kier molecular flexibility index (Phi) is 6.48. The summed E-state index contributed by atoms with van der Waals surface area (Å²) in [4.78, 5) is 29.7. The van der Waals surface area contributed by atoms with E-state index in [9.17, 15) is 9.59 Å². The van der Waals surface area contributed by atoms with E-state index >= 15 is 0 Å². The third-order valence-corrected chi connectivity index (χ3v) is 4.73. The molecule has 0 radical (unpaired) electrons. The van der Waals surface area contributed by atoms with Crippen LogP contribution in [-0.2, 0) is 17.8 Å². The van der Waals surface area contributed by atoms with Gasteiger partial charge >= 0.3 is 0 Å². The largest absolute Gasteiger partial charge is 0.494 e. The van der Waals surface area contributed by atoms with Crippen molar-refractivity contribution in [3.05, 3.63) is 76.1 Å². The number of nitrogens with zero attached hydrogens (tertiary/aromatic N) is 1. The number of aromatic nitrogens is 1. The number of hydrogen-bond donors (Lipinski definition) is 1. The van der Waals surface area contributed by atoms with E-state index in [4.69, 9.17) is 4.74 Å². The van der Waals surface area contributed by atoms with Crippen LogP contribution >= 0.6 is 0 Å². The number of H-pyrrole nitrogens is 1. The number of pyridine rings is 1. The highest BCUT2D eigenvalue weighted by molar-refractivity contribution is 5.81. The standard InChI is InChI=1S/C23H26N2O3/c1-3-22(26)25(13-12-17-8-6-5-7-9-17)16-19-14-18-15-20(28-4-2)10-11-21(18)24-23(19)27/h5-11,14-15H,3-4,12-13,16H2,1-2H3,(H,24,27). The van der Waals surface area contributed by atoms with Crippen molar-refractivity contribution >= 4 is 16.8 Å². The Morgan fingerprint density at radius 1 is 1.07 bits per heavy atom. The second-order valence-electron chi connectivity index (χ2n) is 6.71. The van der Waals surface area contributed by atoms with E-state index in [1.54, 1.807) is 4.90 Å². The Labute approximate surface area is 165 Å². The van der Waals surface area contributed by atoms with Crippen molar-refractivity contribution in [3.8, 4) is 5.75 Å². The van der Waals surface area contributed by atoms with Gasteiger partial charge in [0.15, 0.2) is 0 Å². The molecule has 1 heterocycles. The molecule has 0 aliphatic heterocycles. The Morgan fingerprint density at radius 3 is 2.57 bits per heavy atom. The molecule has 0 atom stereocenters. The summed E-state index contributed by atoms with van der Waals surface area (Å²) in [5.41, 5.74) is 2.35. The molecule has 1 aromatic heterocycles. The van der Waals surface area contributed by atoms with Gasteiger partial charge < -0.3 is 14.6 Å². The van der Waals surface area contributed by atoms with Crippen LogP contribution in [0.1, 0.15) is 31.4 Å². The van der Waals surface area contributed by atoms with Crippen LogP contribution in [0.4, 0.5) is 0 Å². The van der Waals surface area contributed by atoms with Gasteiger partial charge in [-0.1, -0.05) is 37.3 Å². The molecule has 28 heavy (non-hydrogen) atoms. The first-order valence-electron chi connectivity index (χ1n) is 9.71. The number of carbonyl (C=O) groups excluding carboxylic acids is 1. The lowest BCUT2D eigenvalue weighted by atomic mass is 10.1. The summed E-state index contributed by atoms with van der Waals surface area (Å²) in [6.07, 6.45) is 1.17. The molecule has 0 saturated heterocycles. The summed E-state index contributed by atoms with van der Waals surface area (Å²) in [7, 11) is 0. The minimum absolute atomic E-state index is 0.0403. The maximum absolute atomic E-state index is 12.5. The maximum Gasteiger partial charge on any atom is 0.253 e. The number of fused-ring (bicyclic) bond motifs is 1. The zero-order valence-electron chi connectivity index (χ0n) is 16.4. The average Bonchev–Trinajstić information content (AvgIpc) is 2.72. The number of aromatic amines is 1. The third kappa shape index (κ3) is 4.80. The van der Waals surface area contributed by atoms with Crippen LogP contribution in [0.2, 0.25) is 0 Å². The third-order valence-electron chi connectivity index (χ3n) is 4.73. The highest BCUT2D eigenvalue weighted by Gasteiger charge is 2.15. The van der Waals surface area contributed by atoms with Crippen LogP contribution in [0.5, 0.6) is 5.75 Å². The first-order chi connectivity index (χ1) is 13.6. The second kappa shape index (κ2) is 9.22. The van der Waals surface area contributed by atoms with E-state index in [1.165, 1.54) is 5.56 Å². The lowest BCUT2D eigenvalue weighted by Gasteiger charge is -2.22. The van der Waals surface area contributed by atoms with Gasteiger partial charge in [0, 0.05) is 29.4 Å². The molecule has 0 aliphatic carbocycles. The van der Waals surface area contributed by atoms with Gasteiger partial charge in [0.05, 0.1) is 13.2 Å². The summed E-state index contributed by atoms with van der Waals surface area (Å²) in [6.45, 7) is 5.23. The minimum atomic E-state index is -0.162. The van der Waals surface area contributed by atoms with Crippen LogP contribution < -0.4 is 10.3 Å². The molecule has 0 unspecified atom stereocenters. The molecule has 3 rings (SSSR count). The Bertz CT molecular complexity index is 996. The second-order valence-corrected chi connectivity index (χ2v) is 6.71. The zero-order chi connectivity index (χ0) is 19.9. The molecule has 2 aromatic carbocycles. The molecule has 0 fully saturated rings. The van der Waals surface area contributed by atoms with Gasteiger partial charge in [-0.3, -0.25) is 9.59 Å². The first kappa shape index (κ1) is 19.7. The summed E-state index contributed by atoms with van der Waals surface area (Å²) in [6, 6.07) is 17.5. The molecule has 0 saturated carbocycles. The molecule has 5 heteroatoms. The molecular weight excluding hydrogens is 352 g/mol. The van der Waals surface area contributed by atoms with Crippen molar-refractivity contribution in [1.29, 1.82) is 0 Å². The predicted molar refractivity (Wildman–Crippen MR) is 112 cm³/mol. The lowest BCUT2D eigenvalue weighted by molar-refractivity contribution is -0.131. The fourth-order valence-corrected chi connectivity index (χ4v) is 3.23. The number of amides is 1. The number of benzene rings is 2. The molecule has 0 aliphatic rings. The van der Waals surface area contributed by atoms with Crippen molar-refractivity contribution in [2.75, 3.05) is 13.2 Å². The maximum atomic E-state index is 12.5. The van der Waals surface area contributed by atoms with Crippen LogP contribution in [-0.4, -0.2) is 28.9 Å². The van der Waals surface area contributed by atoms with Crippen LogP contribution in [0.15, 0.2) is 59.4 Å². The summed E-state index contributed by atoms with van der Waals surface area (Å²) in [5, 5.41) is 0.896. The lowest BCUT2D eigenvalue weighted by Crippen LogP contribution is -2.34. The monoisotopic (exact) mass is 378 g/mol. The quantitative estimate of drug-likeness (QED) is 0.646. The minimum Gasteiger partial charge on any atom is -0.494 e. The zero-order valence-corrected chi connectivity index (χ0v) is 16.4. The Morgan fingerprint density at radius 2 is 1.86 bits per heavy atom. The highest BCUT2D eigenvalue weighted by atomic mass is 16.5. The normalized spacial score (nSPS) is 10.8. The predicted octanol–water partition coefficient (Wildman–Crippen LogP) is 3.91. The van der Waals surface area contributed by atoms with Gasteiger partial charge in [-0.15, -0.1) is 0 Å². The summed E-state index contributed by atoms with van der Waals surface area (Å²) < 4.78 is 5.55. The molecule has 3 aromatic rings.